The minimum absolute atomic E-state index is 0.0311. The molecule has 1 amide bonds. The standard InChI is InChI=1S/C21H24BrN5O3/c1-21(2,3)30-20(29)27-12-5-6-13(27)11-26(10-12)18-14(9-23)19(28)25(4)15-7-8-16(22)24-17(15)18/h7-8,12-13H,5-6,10-11H2,1-4H3. The maximum Gasteiger partial charge on any atom is 0.410 e. The average molecular weight is 474 g/mol. The fraction of sp³-hybridized carbons (Fsp3) is 0.524. The van der Waals surface area contributed by atoms with Gasteiger partial charge in [-0.2, -0.15) is 5.26 Å². The van der Waals surface area contributed by atoms with Crippen LogP contribution in [0.1, 0.15) is 39.2 Å². The number of carbonyl (C=O) groups is 1. The molecule has 2 fully saturated rings. The predicted molar refractivity (Wildman–Crippen MR) is 116 cm³/mol. The van der Waals surface area contributed by atoms with Crippen molar-refractivity contribution in [2.45, 2.75) is 51.3 Å². The fourth-order valence-electron chi connectivity index (χ4n) is 4.48. The second kappa shape index (κ2) is 7.27. The quantitative estimate of drug-likeness (QED) is 0.590. The molecule has 2 atom stereocenters. The third-order valence-corrected chi connectivity index (χ3v) is 6.14. The maximum absolute atomic E-state index is 12.9. The molecule has 30 heavy (non-hydrogen) atoms. The Bertz CT molecular complexity index is 1120. The molecule has 0 saturated carbocycles. The number of ether oxygens (including phenoxy) is 1. The zero-order valence-electron chi connectivity index (χ0n) is 17.5. The number of hydrogen-bond donors (Lipinski definition) is 0. The summed E-state index contributed by atoms with van der Waals surface area (Å²) in [5.41, 5.74) is 1.01. The van der Waals surface area contributed by atoms with Gasteiger partial charge in [0.1, 0.15) is 27.4 Å². The Balaban J connectivity index is 1.76. The van der Waals surface area contributed by atoms with E-state index in [-0.39, 0.29) is 29.3 Å². The van der Waals surface area contributed by atoms with Crippen LogP contribution in [0.15, 0.2) is 21.5 Å². The third-order valence-electron chi connectivity index (χ3n) is 5.70. The van der Waals surface area contributed by atoms with Crippen LogP contribution in [0, 0.1) is 11.3 Å². The number of piperazine rings is 1. The van der Waals surface area contributed by atoms with E-state index >= 15 is 0 Å². The molecule has 2 saturated heterocycles. The topological polar surface area (TPSA) is 91.5 Å². The highest BCUT2D eigenvalue weighted by atomic mass is 79.9. The molecule has 4 heterocycles. The van der Waals surface area contributed by atoms with Crippen molar-refractivity contribution in [1.82, 2.24) is 14.5 Å². The number of aromatic nitrogens is 2. The zero-order chi connectivity index (χ0) is 21.8. The summed E-state index contributed by atoms with van der Waals surface area (Å²) in [6.45, 7) is 6.63. The van der Waals surface area contributed by atoms with Crippen molar-refractivity contribution in [3.63, 3.8) is 0 Å². The SMILES string of the molecule is Cn1c(=O)c(C#N)c(N2CC3CCC(C2)N3C(=O)OC(C)(C)C)c2nc(Br)ccc21. The Morgan fingerprint density at radius 1 is 1.27 bits per heavy atom. The summed E-state index contributed by atoms with van der Waals surface area (Å²) in [6.07, 6.45) is 1.43. The molecule has 2 aliphatic rings. The first-order chi connectivity index (χ1) is 14.1. The molecular weight excluding hydrogens is 450 g/mol. The van der Waals surface area contributed by atoms with Crippen LogP contribution in [0.2, 0.25) is 0 Å². The number of nitriles is 1. The monoisotopic (exact) mass is 473 g/mol. The molecule has 2 aromatic rings. The van der Waals surface area contributed by atoms with Gasteiger partial charge in [0.2, 0.25) is 0 Å². The van der Waals surface area contributed by atoms with Crippen LogP contribution >= 0.6 is 15.9 Å². The molecule has 2 unspecified atom stereocenters. The summed E-state index contributed by atoms with van der Waals surface area (Å²) < 4.78 is 7.70. The third kappa shape index (κ3) is 3.43. The molecule has 2 aromatic heterocycles. The number of amides is 1. The lowest BCUT2D eigenvalue weighted by molar-refractivity contribution is 0.0123. The highest BCUT2D eigenvalue weighted by molar-refractivity contribution is 9.10. The second-order valence-electron chi connectivity index (χ2n) is 8.88. The normalized spacial score (nSPS) is 21.1. The van der Waals surface area contributed by atoms with Gasteiger partial charge in [-0.05, 0) is 61.7 Å². The molecule has 4 rings (SSSR count). The van der Waals surface area contributed by atoms with Crippen LogP contribution in [-0.4, -0.2) is 51.3 Å². The number of halogens is 1. The van der Waals surface area contributed by atoms with Crippen LogP contribution in [0.25, 0.3) is 11.0 Å². The maximum atomic E-state index is 12.9. The number of carbonyl (C=O) groups excluding carboxylic acids is 1. The summed E-state index contributed by atoms with van der Waals surface area (Å²) in [7, 11) is 1.65. The summed E-state index contributed by atoms with van der Waals surface area (Å²) in [6, 6.07) is 5.63. The van der Waals surface area contributed by atoms with Gasteiger partial charge < -0.3 is 14.2 Å². The Hall–Kier alpha value is -2.60. The van der Waals surface area contributed by atoms with E-state index in [2.05, 4.69) is 27.0 Å². The lowest BCUT2D eigenvalue weighted by atomic mass is 10.1. The molecule has 2 bridgehead atoms. The largest absolute Gasteiger partial charge is 0.444 e. The average Bonchev–Trinajstić information content (AvgIpc) is 2.93. The van der Waals surface area contributed by atoms with Crippen LogP contribution in [-0.2, 0) is 11.8 Å². The van der Waals surface area contributed by atoms with Gasteiger partial charge in [0.25, 0.3) is 5.56 Å². The van der Waals surface area contributed by atoms with E-state index in [4.69, 9.17) is 4.74 Å². The number of pyridine rings is 2. The predicted octanol–water partition coefficient (Wildman–Crippen LogP) is 3.16. The van der Waals surface area contributed by atoms with Gasteiger partial charge in [-0.1, -0.05) is 0 Å². The van der Waals surface area contributed by atoms with E-state index in [1.807, 2.05) is 36.6 Å². The van der Waals surface area contributed by atoms with E-state index in [0.717, 1.165) is 12.8 Å². The van der Waals surface area contributed by atoms with Crippen molar-refractivity contribution < 1.29 is 9.53 Å². The van der Waals surface area contributed by atoms with Gasteiger partial charge in [-0.25, -0.2) is 9.78 Å². The molecule has 9 heteroatoms. The van der Waals surface area contributed by atoms with Crippen LogP contribution < -0.4 is 10.5 Å². The first-order valence-electron chi connectivity index (χ1n) is 9.96. The first kappa shape index (κ1) is 20.7. The van der Waals surface area contributed by atoms with E-state index in [1.54, 1.807) is 13.1 Å². The summed E-state index contributed by atoms with van der Waals surface area (Å²) in [5, 5.41) is 9.78. The highest BCUT2D eigenvalue weighted by Gasteiger charge is 2.45. The summed E-state index contributed by atoms with van der Waals surface area (Å²) in [4.78, 5) is 34.1. The van der Waals surface area contributed by atoms with Crippen molar-refractivity contribution >= 4 is 38.7 Å². The number of aryl methyl sites for hydroxylation is 1. The number of fused-ring (bicyclic) bond motifs is 3. The van der Waals surface area contributed by atoms with Crippen LogP contribution in [0.5, 0.6) is 0 Å². The number of rotatable bonds is 1. The van der Waals surface area contributed by atoms with Crippen molar-refractivity contribution in [2.24, 2.45) is 7.05 Å². The molecule has 0 spiro atoms. The van der Waals surface area contributed by atoms with Gasteiger partial charge in [0.05, 0.1) is 23.3 Å². The van der Waals surface area contributed by atoms with Crippen molar-refractivity contribution in [1.29, 1.82) is 5.26 Å². The Morgan fingerprint density at radius 3 is 2.47 bits per heavy atom. The number of anilines is 1. The fourth-order valence-corrected chi connectivity index (χ4v) is 4.79. The van der Waals surface area contributed by atoms with Gasteiger partial charge >= 0.3 is 6.09 Å². The van der Waals surface area contributed by atoms with E-state index in [0.29, 0.717) is 34.4 Å². The van der Waals surface area contributed by atoms with Gasteiger partial charge in [-0.3, -0.25) is 9.69 Å². The van der Waals surface area contributed by atoms with Gasteiger partial charge in [0.15, 0.2) is 0 Å². The molecule has 2 aliphatic heterocycles. The van der Waals surface area contributed by atoms with Crippen molar-refractivity contribution in [3.8, 4) is 6.07 Å². The van der Waals surface area contributed by atoms with Crippen LogP contribution in [0.3, 0.4) is 0 Å². The minimum atomic E-state index is -0.556. The van der Waals surface area contributed by atoms with E-state index in [1.165, 1.54) is 4.57 Å². The Labute approximate surface area is 183 Å². The molecule has 0 aromatic carbocycles. The molecule has 158 valence electrons. The molecular formula is C21H24BrN5O3. The summed E-state index contributed by atoms with van der Waals surface area (Å²) in [5.74, 6) is 0. The highest BCUT2D eigenvalue weighted by Crippen LogP contribution is 2.37. The van der Waals surface area contributed by atoms with Crippen molar-refractivity contribution in [3.05, 3.63) is 32.7 Å². The lowest BCUT2D eigenvalue weighted by Crippen LogP contribution is -2.57. The van der Waals surface area contributed by atoms with Gasteiger partial charge in [-0.15, -0.1) is 0 Å². The van der Waals surface area contributed by atoms with Crippen molar-refractivity contribution in [2.75, 3.05) is 18.0 Å². The number of nitrogens with zero attached hydrogens (tertiary/aromatic N) is 5. The minimum Gasteiger partial charge on any atom is -0.444 e. The zero-order valence-corrected chi connectivity index (χ0v) is 19.1. The second-order valence-corrected chi connectivity index (χ2v) is 9.69. The summed E-state index contributed by atoms with van der Waals surface area (Å²) >= 11 is 3.40. The van der Waals surface area contributed by atoms with E-state index < -0.39 is 5.60 Å². The molecule has 0 radical (unpaired) electrons. The molecule has 8 nitrogen and oxygen atoms in total. The Morgan fingerprint density at radius 2 is 1.90 bits per heavy atom. The van der Waals surface area contributed by atoms with Crippen LogP contribution in [0.4, 0.5) is 10.5 Å². The smallest absolute Gasteiger partial charge is 0.410 e. The first-order valence-corrected chi connectivity index (χ1v) is 10.8. The van der Waals surface area contributed by atoms with Gasteiger partial charge in [0, 0.05) is 20.1 Å². The molecule has 0 aliphatic carbocycles. The lowest BCUT2D eigenvalue weighted by Gasteiger charge is -2.42. The molecule has 0 N–H and O–H groups in total. The number of hydrogen-bond acceptors (Lipinski definition) is 6. The van der Waals surface area contributed by atoms with E-state index in [9.17, 15) is 14.9 Å². The Kier molecular flexibility index (Phi) is 5.01.